The zero-order valence-electron chi connectivity index (χ0n) is 10.3. The van der Waals surface area contributed by atoms with Gasteiger partial charge in [0.15, 0.2) is 0 Å². The molecule has 0 saturated carbocycles. The Kier molecular flexibility index (Phi) is 3.00. The van der Waals surface area contributed by atoms with Gasteiger partial charge in [-0.1, -0.05) is 30.3 Å². The third kappa shape index (κ3) is 1.99. The van der Waals surface area contributed by atoms with Crippen molar-refractivity contribution in [3.8, 4) is 5.75 Å². The average Bonchev–Trinajstić information content (AvgIpc) is 2.54. The topological polar surface area (TPSA) is 9.23 Å². The Labute approximate surface area is 112 Å². The number of alkyl halides is 1. The van der Waals surface area contributed by atoms with Crippen molar-refractivity contribution < 1.29 is 4.74 Å². The number of rotatable bonds is 1. The van der Waals surface area contributed by atoms with Crippen LogP contribution < -0.4 is 4.74 Å². The average molecular weight is 259 g/mol. The number of methoxy groups -OCH3 is 1. The Morgan fingerprint density at radius 3 is 2.61 bits per heavy atom. The fourth-order valence-electron chi connectivity index (χ4n) is 2.59. The molecule has 1 atom stereocenters. The molecule has 2 heteroatoms. The van der Waals surface area contributed by atoms with Crippen LogP contribution >= 0.6 is 11.6 Å². The number of halogens is 1. The van der Waals surface area contributed by atoms with Gasteiger partial charge in [0, 0.05) is 0 Å². The molecule has 0 fully saturated rings. The second kappa shape index (κ2) is 4.66. The third-order valence-corrected chi connectivity index (χ3v) is 3.98. The van der Waals surface area contributed by atoms with Gasteiger partial charge in [-0.05, 0) is 47.2 Å². The maximum absolute atomic E-state index is 6.55. The monoisotopic (exact) mass is 258 g/mol. The second-order valence-corrected chi connectivity index (χ2v) is 5.21. The summed E-state index contributed by atoms with van der Waals surface area (Å²) in [5.41, 5.74) is 5.24. The SMILES string of the molecule is COc1ccc2c(c1)C(Cl)Cc1ccccc1C2. The zero-order chi connectivity index (χ0) is 12.5. The highest BCUT2D eigenvalue weighted by atomic mass is 35.5. The van der Waals surface area contributed by atoms with E-state index in [1.807, 2.05) is 6.07 Å². The number of benzene rings is 2. The Hall–Kier alpha value is -1.47. The minimum Gasteiger partial charge on any atom is -0.497 e. The highest BCUT2D eigenvalue weighted by molar-refractivity contribution is 6.21. The molecule has 18 heavy (non-hydrogen) atoms. The third-order valence-electron chi connectivity index (χ3n) is 3.59. The normalized spacial score (nSPS) is 17.6. The predicted octanol–water partition coefficient (Wildman–Crippen LogP) is 4.12. The number of fused-ring (bicyclic) bond motifs is 2. The molecule has 3 rings (SSSR count). The van der Waals surface area contributed by atoms with Gasteiger partial charge in [0.2, 0.25) is 0 Å². The van der Waals surface area contributed by atoms with Crippen LogP contribution in [0.5, 0.6) is 5.75 Å². The van der Waals surface area contributed by atoms with E-state index in [-0.39, 0.29) is 5.38 Å². The highest BCUT2D eigenvalue weighted by Gasteiger charge is 2.20. The summed E-state index contributed by atoms with van der Waals surface area (Å²) < 4.78 is 5.29. The summed E-state index contributed by atoms with van der Waals surface area (Å²) in [7, 11) is 1.69. The first-order chi connectivity index (χ1) is 8.78. The molecule has 0 aliphatic heterocycles. The van der Waals surface area contributed by atoms with Gasteiger partial charge in [0.1, 0.15) is 5.75 Å². The van der Waals surface area contributed by atoms with Gasteiger partial charge in [0.25, 0.3) is 0 Å². The van der Waals surface area contributed by atoms with Crippen LogP contribution in [0.1, 0.15) is 27.6 Å². The molecule has 0 aromatic heterocycles. The Morgan fingerprint density at radius 1 is 1.06 bits per heavy atom. The molecule has 2 aromatic rings. The van der Waals surface area contributed by atoms with Crippen LogP contribution in [0.4, 0.5) is 0 Å². The minimum atomic E-state index is 0.0266. The summed E-state index contributed by atoms with van der Waals surface area (Å²) in [5, 5.41) is 0.0266. The van der Waals surface area contributed by atoms with Crippen molar-refractivity contribution in [3.05, 3.63) is 64.7 Å². The first-order valence-corrected chi connectivity index (χ1v) is 6.59. The molecule has 1 aliphatic rings. The van der Waals surface area contributed by atoms with E-state index in [2.05, 4.69) is 36.4 Å². The molecule has 0 bridgehead atoms. The van der Waals surface area contributed by atoms with E-state index in [1.165, 1.54) is 22.3 Å². The van der Waals surface area contributed by atoms with Crippen LogP contribution in [-0.2, 0) is 12.8 Å². The van der Waals surface area contributed by atoms with Crippen molar-refractivity contribution in [1.82, 2.24) is 0 Å². The number of hydrogen-bond acceptors (Lipinski definition) is 1. The van der Waals surface area contributed by atoms with Crippen molar-refractivity contribution in [3.63, 3.8) is 0 Å². The molecule has 2 aromatic carbocycles. The fraction of sp³-hybridized carbons (Fsp3) is 0.250. The van der Waals surface area contributed by atoms with E-state index in [1.54, 1.807) is 7.11 Å². The quantitative estimate of drug-likeness (QED) is 0.699. The first-order valence-electron chi connectivity index (χ1n) is 6.15. The Morgan fingerprint density at radius 2 is 1.83 bits per heavy atom. The lowest BCUT2D eigenvalue weighted by Gasteiger charge is -2.12. The lowest BCUT2D eigenvalue weighted by Crippen LogP contribution is -1.97. The van der Waals surface area contributed by atoms with Crippen LogP contribution in [0.25, 0.3) is 0 Å². The molecule has 1 unspecified atom stereocenters. The molecular weight excluding hydrogens is 244 g/mol. The van der Waals surface area contributed by atoms with Gasteiger partial charge >= 0.3 is 0 Å². The summed E-state index contributed by atoms with van der Waals surface area (Å²) in [6, 6.07) is 14.8. The maximum atomic E-state index is 6.55. The van der Waals surface area contributed by atoms with Crippen LogP contribution in [-0.4, -0.2) is 7.11 Å². The second-order valence-electron chi connectivity index (χ2n) is 4.68. The summed E-state index contributed by atoms with van der Waals surface area (Å²) >= 11 is 6.55. The van der Waals surface area contributed by atoms with Crippen molar-refractivity contribution >= 4 is 11.6 Å². The molecule has 0 spiro atoms. The minimum absolute atomic E-state index is 0.0266. The molecule has 0 radical (unpaired) electrons. The van der Waals surface area contributed by atoms with Gasteiger partial charge in [-0.2, -0.15) is 0 Å². The van der Waals surface area contributed by atoms with E-state index >= 15 is 0 Å². The number of hydrogen-bond donors (Lipinski definition) is 0. The van der Waals surface area contributed by atoms with E-state index in [0.717, 1.165) is 18.6 Å². The molecule has 0 amide bonds. The van der Waals surface area contributed by atoms with Crippen LogP contribution in [0.15, 0.2) is 42.5 Å². The van der Waals surface area contributed by atoms with Gasteiger partial charge in [-0.25, -0.2) is 0 Å². The Bertz CT molecular complexity index is 577. The smallest absolute Gasteiger partial charge is 0.119 e. The molecule has 0 saturated heterocycles. The van der Waals surface area contributed by atoms with Crippen LogP contribution in [0, 0.1) is 0 Å². The van der Waals surface area contributed by atoms with Gasteiger partial charge in [-0.3, -0.25) is 0 Å². The molecule has 0 N–H and O–H groups in total. The van der Waals surface area contributed by atoms with E-state index in [4.69, 9.17) is 16.3 Å². The van der Waals surface area contributed by atoms with E-state index in [9.17, 15) is 0 Å². The van der Waals surface area contributed by atoms with Crippen molar-refractivity contribution in [2.45, 2.75) is 18.2 Å². The van der Waals surface area contributed by atoms with Gasteiger partial charge in [0.05, 0.1) is 12.5 Å². The molecule has 1 aliphatic carbocycles. The molecular formula is C16H15ClO. The van der Waals surface area contributed by atoms with Crippen LogP contribution in [0.2, 0.25) is 0 Å². The fourth-order valence-corrected chi connectivity index (χ4v) is 2.96. The lowest BCUT2D eigenvalue weighted by molar-refractivity contribution is 0.414. The zero-order valence-corrected chi connectivity index (χ0v) is 11.1. The van der Waals surface area contributed by atoms with Gasteiger partial charge in [-0.15, -0.1) is 11.6 Å². The van der Waals surface area contributed by atoms with Crippen molar-refractivity contribution in [2.24, 2.45) is 0 Å². The van der Waals surface area contributed by atoms with E-state index in [0.29, 0.717) is 0 Å². The number of ether oxygens (including phenoxy) is 1. The standard InChI is InChI=1S/C16H15ClO/c1-18-14-7-6-13-8-11-4-2-3-5-12(11)9-16(17)15(13)10-14/h2-7,10,16H,8-9H2,1H3. The van der Waals surface area contributed by atoms with Crippen LogP contribution in [0.3, 0.4) is 0 Å². The molecule has 92 valence electrons. The van der Waals surface area contributed by atoms with E-state index < -0.39 is 0 Å². The predicted molar refractivity (Wildman–Crippen MR) is 74.5 cm³/mol. The van der Waals surface area contributed by atoms with Crippen molar-refractivity contribution in [1.29, 1.82) is 0 Å². The lowest BCUT2D eigenvalue weighted by atomic mass is 10.0. The molecule has 1 nitrogen and oxygen atoms in total. The summed E-state index contributed by atoms with van der Waals surface area (Å²) in [6.07, 6.45) is 1.84. The first kappa shape index (κ1) is 11.6. The molecule has 0 heterocycles. The Balaban J connectivity index is 2.10. The van der Waals surface area contributed by atoms with Crippen molar-refractivity contribution in [2.75, 3.05) is 7.11 Å². The maximum Gasteiger partial charge on any atom is 0.119 e. The highest BCUT2D eigenvalue weighted by Crippen LogP contribution is 2.36. The van der Waals surface area contributed by atoms with Gasteiger partial charge < -0.3 is 4.74 Å². The summed E-state index contributed by atoms with van der Waals surface area (Å²) in [4.78, 5) is 0. The largest absolute Gasteiger partial charge is 0.497 e. The summed E-state index contributed by atoms with van der Waals surface area (Å²) in [6.45, 7) is 0. The summed E-state index contributed by atoms with van der Waals surface area (Å²) in [5.74, 6) is 0.880.